The average Bonchev–Trinajstić information content (AvgIpc) is 3.15. The van der Waals surface area contributed by atoms with Gasteiger partial charge in [0, 0.05) is 24.8 Å². The van der Waals surface area contributed by atoms with Gasteiger partial charge >= 0.3 is 17.6 Å². The minimum absolute atomic E-state index is 0.183. The molecular weight excluding hydrogens is 646 g/mol. The van der Waals surface area contributed by atoms with Crippen LogP contribution in [0.15, 0.2) is 119 Å². The van der Waals surface area contributed by atoms with Crippen molar-refractivity contribution < 1.29 is 23.8 Å². The number of rotatable bonds is 10. The van der Waals surface area contributed by atoms with Gasteiger partial charge in [0.15, 0.2) is 12.8 Å². The van der Waals surface area contributed by atoms with Gasteiger partial charge in [-0.3, -0.25) is 19.2 Å². The molecule has 1 aliphatic heterocycles. The number of H-pyrrole nitrogens is 1. The Morgan fingerprint density at radius 3 is 1.82 bits per heavy atom. The summed E-state index contributed by atoms with van der Waals surface area (Å²) in [6.45, 7) is 7.20. The summed E-state index contributed by atoms with van der Waals surface area (Å²) < 4.78 is 18.8. The predicted octanol–water partition coefficient (Wildman–Crippen LogP) is 5.36. The van der Waals surface area contributed by atoms with Crippen LogP contribution in [-0.4, -0.2) is 58.8 Å². The lowest BCUT2D eigenvalue weighted by Crippen LogP contribution is -2.58. The van der Waals surface area contributed by atoms with Crippen LogP contribution in [0.5, 0.6) is 0 Å². The molecule has 1 aromatic heterocycles. The molecular formula is C41H41N3O7. The minimum atomic E-state index is -0.869. The van der Waals surface area contributed by atoms with Crippen LogP contribution in [0.1, 0.15) is 55.5 Å². The lowest BCUT2D eigenvalue weighted by molar-refractivity contribution is -0.172. The van der Waals surface area contributed by atoms with Gasteiger partial charge in [0.1, 0.15) is 12.7 Å². The van der Waals surface area contributed by atoms with Crippen molar-refractivity contribution in [2.24, 2.45) is 0 Å². The Morgan fingerprint density at radius 2 is 1.29 bits per heavy atom. The lowest BCUT2D eigenvalue weighted by Gasteiger charge is -2.50. The van der Waals surface area contributed by atoms with Gasteiger partial charge in [0.05, 0.1) is 11.1 Å². The molecule has 1 aliphatic rings. The zero-order valence-electron chi connectivity index (χ0n) is 29.1. The molecule has 0 amide bonds. The third-order valence-electron chi connectivity index (χ3n) is 9.57. The van der Waals surface area contributed by atoms with Crippen molar-refractivity contribution in [3.63, 3.8) is 0 Å². The van der Waals surface area contributed by atoms with Crippen molar-refractivity contribution >= 4 is 11.9 Å². The smallest absolute Gasteiger partial charge is 0.344 e. The normalized spacial score (nSPS) is 16.4. The Bertz CT molecular complexity index is 2010. The maximum Gasteiger partial charge on any atom is 0.344 e. The van der Waals surface area contributed by atoms with Gasteiger partial charge in [-0.15, -0.1) is 0 Å². The molecule has 4 aromatic carbocycles. The average molecular weight is 688 g/mol. The number of benzene rings is 4. The van der Waals surface area contributed by atoms with E-state index in [9.17, 15) is 19.2 Å². The summed E-state index contributed by atoms with van der Waals surface area (Å²) in [5, 5.41) is 0. The number of nitrogens with one attached hydrogen (secondary N) is 1. The number of hydrogen-bond donors (Lipinski definition) is 1. The van der Waals surface area contributed by atoms with E-state index in [1.807, 2.05) is 75.4 Å². The second-order valence-electron chi connectivity index (χ2n) is 12.9. The van der Waals surface area contributed by atoms with Crippen LogP contribution < -0.4 is 11.2 Å². The van der Waals surface area contributed by atoms with Crippen LogP contribution in [0, 0.1) is 27.7 Å². The molecule has 51 heavy (non-hydrogen) atoms. The molecule has 2 heterocycles. The van der Waals surface area contributed by atoms with Crippen molar-refractivity contribution in [3.05, 3.63) is 175 Å². The monoisotopic (exact) mass is 687 g/mol. The number of aromatic nitrogens is 2. The fourth-order valence-electron chi connectivity index (χ4n) is 6.81. The zero-order chi connectivity index (χ0) is 36.1. The molecule has 0 spiro atoms. The summed E-state index contributed by atoms with van der Waals surface area (Å²) in [5.41, 5.74) is 4.68. The number of hydrogen-bond acceptors (Lipinski definition) is 8. The number of ether oxygens (including phenoxy) is 3. The number of esters is 2. The first-order chi connectivity index (χ1) is 24.6. The third kappa shape index (κ3) is 7.33. The van der Waals surface area contributed by atoms with Crippen molar-refractivity contribution in [2.45, 2.75) is 45.6 Å². The van der Waals surface area contributed by atoms with Crippen molar-refractivity contribution in [2.75, 3.05) is 26.3 Å². The second-order valence-corrected chi connectivity index (χ2v) is 12.9. The largest absolute Gasteiger partial charge is 0.460 e. The van der Waals surface area contributed by atoms with E-state index in [2.05, 4.69) is 46.3 Å². The number of carbonyl (C=O) groups excluding carboxylic acids is 2. The van der Waals surface area contributed by atoms with Gasteiger partial charge < -0.3 is 14.2 Å². The van der Waals surface area contributed by atoms with Crippen LogP contribution in [0.3, 0.4) is 0 Å². The predicted molar refractivity (Wildman–Crippen MR) is 193 cm³/mol. The topological polar surface area (TPSA) is 120 Å². The van der Waals surface area contributed by atoms with E-state index in [-0.39, 0.29) is 13.2 Å². The molecule has 1 fully saturated rings. The van der Waals surface area contributed by atoms with Gasteiger partial charge in [-0.2, -0.15) is 0 Å². The van der Waals surface area contributed by atoms with Gasteiger partial charge in [0.2, 0.25) is 0 Å². The summed E-state index contributed by atoms with van der Waals surface area (Å²) >= 11 is 0. The fourth-order valence-corrected chi connectivity index (χ4v) is 6.81. The molecule has 0 bridgehead atoms. The van der Waals surface area contributed by atoms with Crippen molar-refractivity contribution in [1.29, 1.82) is 0 Å². The molecule has 1 N–H and O–H groups in total. The Labute approximate surface area is 296 Å². The SMILES string of the molecule is Cc1cc(C(=O)OCC(=O)OCC2CN(C(c3ccccc3)(c3ccccc3)c3ccccc3)CC(n3cc(C)c(=O)[nH]c3=O)O2)cc(C)c1C. The molecule has 0 saturated carbocycles. The molecule has 262 valence electrons. The first kappa shape index (κ1) is 35.3. The lowest BCUT2D eigenvalue weighted by atomic mass is 9.75. The number of nitrogens with zero attached hydrogens (tertiary/aromatic N) is 2. The zero-order valence-corrected chi connectivity index (χ0v) is 29.1. The van der Waals surface area contributed by atoms with Crippen molar-refractivity contribution in [1.82, 2.24) is 14.5 Å². The summed E-state index contributed by atoms with van der Waals surface area (Å²) in [4.78, 5) is 56.0. The van der Waals surface area contributed by atoms with Crippen molar-refractivity contribution in [3.8, 4) is 0 Å². The maximum atomic E-state index is 13.2. The van der Waals surface area contributed by atoms with E-state index >= 15 is 0 Å². The molecule has 10 heteroatoms. The molecule has 2 unspecified atom stereocenters. The molecule has 5 aromatic rings. The van der Waals surface area contributed by atoms with E-state index in [1.54, 1.807) is 19.1 Å². The van der Waals surface area contributed by atoms with E-state index in [4.69, 9.17) is 14.2 Å². The van der Waals surface area contributed by atoms with Crippen LogP contribution >= 0.6 is 0 Å². The number of aromatic amines is 1. The fraction of sp³-hybridized carbons (Fsp3) is 0.268. The molecule has 10 nitrogen and oxygen atoms in total. The summed E-state index contributed by atoms with van der Waals surface area (Å²) in [6, 6.07) is 33.7. The maximum absolute atomic E-state index is 13.2. The number of carbonyl (C=O) groups is 2. The highest BCUT2D eigenvalue weighted by Crippen LogP contribution is 2.44. The highest BCUT2D eigenvalue weighted by atomic mass is 16.6. The van der Waals surface area contributed by atoms with Gasteiger partial charge in [-0.25, -0.2) is 14.4 Å². The first-order valence-corrected chi connectivity index (χ1v) is 16.9. The molecule has 0 aliphatic carbocycles. The quantitative estimate of drug-likeness (QED) is 0.154. The van der Waals surface area contributed by atoms with E-state index in [0.29, 0.717) is 17.7 Å². The van der Waals surface area contributed by atoms with Crippen LogP contribution in [0.4, 0.5) is 0 Å². The van der Waals surface area contributed by atoms with Crippen LogP contribution in [0.25, 0.3) is 0 Å². The van der Waals surface area contributed by atoms with Crippen LogP contribution in [-0.2, 0) is 24.5 Å². The first-order valence-electron chi connectivity index (χ1n) is 16.9. The van der Waals surface area contributed by atoms with E-state index < -0.39 is 47.7 Å². The summed E-state index contributed by atoms with van der Waals surface area (Å²) in [5.74, 6) is -1.36. The minimum Gasteiger partial charge on any atom is -0.460 e. The Morgan fingerprint density at radius 1 is 0.765 bits per heavy atom. The van der Waals surface area contributed by atoms with Gasteiger partial charge in [0.25, 0.3) is 5.56 Å². The van der Waals surface area contributed by atoms with Crippen LogP contribution in [0.2, 0.25) is 0 Å². The Balaban J connectivity index is 1.34. The standard InChI is InChI=1S/C41H41N3O7/c1-27-20-31(21-28(2)30(27)4)39(47)50-26-37(45)49-25-35-23-43(24-36(51-35)44-22-29(3)38(46)42-40(44)48)41(32-14-8-5-9-15-32,33-16-10-6-11-17-33)34-18-12-7-13-19-34/h5-22,35-36H,23-26H2,1-4H3,(H,42,46,48). The van der Waals surface area contributed by atoms with E-state index in [0.717, 1.165) is 33.4 Å². The Hall–Kier alpha value is -5.58. The van der Waals surface area contributed by atoms with Gasteiger partial charge in [-0.05, 0) is 73.2 Å². The highest BCUT2D eigenvalue weighted by Gasteiger charge is 2.46. The molecule has 0 radical (unpaired) electrons. The molecule has 1 saturated heterocycles. The summed E-state index contributed by atoms with van der Waals surface area (Å²) in [7, 11) is 0. The second kappa shape index (κ2) is 15.1. The molecule has 6 rings (SSSR count). The number of morpholine rings is 1. The summed E-state index contributed by atoms with van der Waals surface area (Å²) in [6.07, 6.45) is -0.103. The van der Waals surface area contributed by atoms with E-state index in [1.165, 1.54) is 10.8 Å². The highest BCUT2D eigenvalue weighted by molar-refractivity contribution is 5.91. The molecule has 2 atom stereocenters. The third-order valence-corrected chi connectivity index (χ3v) is 9.57. The van der Waals surface area contributed by atoms with Gasteiger partial charge in [-0.1, -0.05) is 91.0 Å². The number of aryl methyl sites for hydroxylation is 3. The Kier molecular flexibility index (Phi) is 10.5.